The van der Waals surface area contributed by atoms with Gasteiger partial charge in [-0.15, -0.1) is 0 Å². The summed E-state index contributed by atoms with van der Waals surface area (Å²) >= 11 is 0. The van der Waals surface area contributed by atoms with E-state index in [1.165, 1.54) is 0 Å². The van der Waals surface area contributed by atoms with E-state index in [9.17, 15) is 4.79 Å². The molecule has 0 bridgehead atoms. The van der Waals surface area contributed by atoms with Crippen LogP contribution < -0.4 is 4.74 Å². The maximum Gasteiger partial charge on any atom is 0.356 e. The molecule has 5 nitrogen and oxygen atoms in total. The van der Waals surface area contributed by atoms with E-state index in [2.05, 4.69) is 5.10 Å². The Morgan fingerprint density at radius 1 is 1.67 bits per heavy atom. The molecular formula is C10H14N2O3. The second kappa shape index (κ2) is 3.56. The summed E-state index contributed by atoms with van der Waals surface area (Å²) in [4.78, 5) is 11.0. The summed E-state index contributed by atoms with van der Waals surface area (Å²) in [5.41, 5.74) is 0.869. The Morgan fingerprint density at radius 3 is 3.00 bits per heavy atom. The van der Waals surface area contributed by atoms with Crippen LogP contribution in [0.2, 0.25) is 0 Å². The molecule has 0 unspecified atom stereocenters. The molecule has 1 N–H and O–H groups in total. The summed E-state index contributed by atoms with van der Waals surface area (Å²) in [5, 5.41) is 13.0. The van der Waals surface area contributed by atoms with Crippen molar-refractivity contribution in [1.29, 1.82) is 0 Å². The summed E-state index contributed by atoms with van der Waals surface area (Å²) in [6.07, 6.45) is 0.691. The van der Waals surface area contributed by atoms with Crippen LogP contribution in [0, 0.1) is 5.92 Å². The van der Waals surface area contributed by atoms with Crippen LogP contribution >= 0.6 is 0 Å². The predicted molar refractivity (Wildman–Crippen MR) is 53.2 cm³/mol. The van der Waals surface area contributed by atoms with E-state index in [1.807, 2.05) is 13.8 Å². The quantitative estimate of drug-likeness (QED) is 0.813. The molecule has 0 aromatic carbocycles. The molecule has 0 saturated carbocycles. The number of carboxylic acid groups (broad SMARTS) is 1. The first-order valence-electron chi connectivity index (χ1n) is 5.05. The first-order chi connectivity index (χ1) is 7.09. The molecule has 0 atom stereocenters. The molecule has 5 heteroatoms. The molecule has 2 heterocycles. The van der Waals surface area contributed by atoms with Gasteiger partial charge in [-0.25, -0.2) is 9.48 Å². The lowest BCUT2D eigenvalue weighted by molar-refractivity contribution is 0.0687. The molecular weight excluding hydrogens is 196 g/mol. The number of hydrogen-bond donors (Lipinski definition) is 1. The normalized spacial score (nSPS) is 14.1. The third-order valence-corrected chi connectivity index (χ3v) is 2.36. The number of carboxylic acids is 1. The van der Waals surface area contributed by atoms with Gasteiger partial charge in [-0.2, -0.15) is 5.10 Å². The number of aromatic carboxylic acids is 1. The summed E-state index contributed by atoms with van der Waals surface area (Å²) in [6.45, 7) is 5.33. The Hall–Kier alpha value is -1.52. The van der Waals surface area contributed by atoms with E-state index in [0.29, 0.717) is 31.4 Å². The van der Waals surface area contributed by atoms with Gasteiger partial charge in [0.2, 0.25) is 5.88 Å². The minimum absolute atomic E-state index is 0.137. The smallest absolute Gasteiger partial charge is 0.356 e. The Kier molecular flexibility index (Phi) is 2.38. The summed E-state index contributed by atoms with van der Waals surface area (Å²) in [5.74, 6) is 0.0541. The summed E-state index contributed by atoms with van der Waals surface area (Å²) in [7, 11) is 0. The third kappa shape index (κ3) is 1.69. The maximum atomic E-state index is 11.0. The zero-order valence-corrected chi connectivity index (χ0v) is 8.86. The standard InChI is InChI=1S/C10H14N2O3/c1-6(2)5-7-8(10(13)14)11-12-3-4-15-9(7)12/h6H,3-5H2,1-2H3,(H,13,14). The Balaban J connectivity index is 2.43. The molecule has 1 aromatic rings. The van der Waals surface area contributed by atoms with Crippen molar-refractivity contribution in [2.45, 2.75) is 26.8 Å². The van der Waals surface area contributed by atoms with Crippen molar-refractivity contribution in [3.05, 3.63) is 11.3 Å². The van der Waals surface area contributed by atoms with Crippen molar-refractivity contribution >= 4 is 5.97 Å². The van der Waals surface area contributed by atoms with Crippen LogP contribution in [-0.2, 0) is 13.0 Å². The number of ether oxygens (including phenoxy) is 1. The minimum atomic E-state index is -0.976. The SMILES string of the molecule is CC(C)Cc1c(C(=O)O)nn2c1OCC2. The highest BCUT2D eigenvalue weighted by molar-refractivity contribution is 5.87. The summed E-state index contributed by atoms with van der Waals surface area (Å²) in [6, 6.07) is 0. The number of fused-ring (bicyclic) bond motifs is 1. The van der Waals surface area contributed by atoms with Crippen LogP contribution in [0.25, 0.3) is 0 Å². The lowest BCUT2D eigenvalue weighted by atomic mass is 10.0. The number of hydrogen-bond acceptors (Lipinski definition) is 3. The third-order valence-electron chi connectivity index (χ3n) is 2.36. The average Bonchev–Trinajstić information content (AvgIpc) is 2.66. The van der Waals surface area contributed by atoms with Crippen LogP contribution in [0.3, 0.4) is 0 Å². The van der Waals surface area contributed by atoms with Crippen molar-refractivity contribution in [3.63, 3.8) is 0 Å². The fourth-order valence-corrected chi connectivity index (χ4v) is 1.79. The predicted octanol–water partition coefficient (Wildman–Crippen LogP) is 1.17. The molecule has 0 saturated heterocycles. The average molecular weight is 210 g/mol. The van der Waals surface area contributed by atoms with Gasteiger partial charge in [0.15, 0.2) is 5.69 Å². The highest BCUT2D eigenvalue weighted by Gasteiger charge is 2.27. The topological polar surface area (TPSA) is 64.3 Å². The van der Waals surface area contributed by atoms with E-state index in [1.54, 1.807) is 4.68 Å². The van der Waals surface area contributed by atoms with Gasteiger partial charge >= 0.3 is 5.97 Å². The second-order valence-electron chi connectivity index (χ2n) is 4.11. The van der Waals surface area contributed by atoms with Crippen LogP contribution in [0.15, 0.2) is 0 Å². The molecule has 0 radical (unpaired) electrons. The first-order valence-corrected chi connectivity index (χ1v) is 5.05. The van der Waals surface area contributed by atoms with Crippen molar-refractivity contribution in [2.24, 2.45) is 5.92 Å². The van der Waals surface area contributed by atoms with Crippen molar-refractivity contribution in [3.8, 4) is 5.88 Å². The van der Waals surface area contributed by atoms with Crippen LogP contribution in [0.5, 0.6) is 5.88 Å². The molecule has 82 valence electrons. The molecule has 15 heavy (non-hydrogen) atoms. The van der Waals surface area contributed by atoms with Gasteiger partial charge in [0.25, 0.3) is 0 Å². The summed E-state index contributed by atoms with van der Waals surface area (Å²) < 4.78 is 7.04. The van der Waals surface area contributed by atoms with Crippen molar-refractivity contribution in [2.75, 3.05) is 6.61 Å². The van der Waals surface area contributed by atoms with Gasteiger partial charge in [-0.3, -0.25) is 0 Å². The van der Waals surface area contributed by atoms with E-state index in [4.69, 9.17) is 9.84 Å². The van der Waals surface area contributed by atoms with Gasteiger partial charge in [0.05, 0.1) is 6.54 Å². The zero-order chi connectivity index (χ0) is 11.0. The largest absolute Gasteiger partial charge is 0.476 e. The van der Waals surface area contributed by atoms with E-state index in [0.717, 1.165) is 5.56 Å². The number of nitrogens with zero attached hydrogens (tertiary/aromatic N) is 2. The Labute approximate surface area is 87.7 Å². The molecule has 2 rings (SSSR count). The fourth-order valence-electron chi connectivity index (χ4n) is 1.79. The molecule has 1 aliphatic heterocycles. The van der Waals surface area contributed by atoms with Crippen molar-refractivity contribution in [1.82, 2.24) is 9.78 Å². The Morgan fingerprint density at radius 2 is 2.40 bits per heavy atom. The maximum absolute atomic E-state index is 11.0. The molecule has 1 aliphatic rings. The lowest BCUT2D eigenvalue weighted by Crippen LogP contribution is -2.07. The molecule has 0 spiro atoms. The molecule has 0 fully saturated rings. The number of carbonyl (C=O) groups is 1. The minimum Gasteiger partial charge on any atom is -0.476 e. The van der Waals surface area contributed by atoms with Gasteiger partial charge in [-0.1, -0.05) is 13.8 Å². The highest BCUT2D eigenvalue weighted by Crippen LogP contribution is 2.28. The molecule has 1 aromatic heterocycles. The second-order valence-corrected chi connectivity index (χ2v) is 4.11. The van der Waals surface area contributed by atoms with Crippen LogP contribution in [-0.4, -0.2) is 27.5 Å². The van der Waals surface area contributed by atoms with E-state index >= 15 is 0 Å². The van der Waals surface area contributed by atoms with Crippen molar-refractivity contribution < 1.29 is 14.6 Å². The monoisotopic (exact) mass is 210 g/mol. The van der Waals surface area contributed by atoms with Crippen LogP contribution in [0.1, 0.15) is 29.9 Å². The lowest BCUT2D eigenvalue weighted by Gasteiger charge is -2.05. The highest BCUT2D eigenvalue weighted by atomic mass is 16.5. The molecule has 0 amide bonds. The van der Waals surface area contributed by atoms with E-state index in [-0.39, 0.29) is 5.69 Å². The Bertz CT molecular complexity index is 396. The van der Waals surface area contributed by atoms with Gasteiger partial charge in [0.1, 0.15) is 6.61 Å². The van der Waals surface area contributed by atoms with E-state index < -0.39 is 5.97 Å². The molecule has 0 aliphatic carbocycles. The fraction of sp³-hybridized carbons (Fsp3) is 0.600. The number of aromatic nitrogens is 2. The zero-order valence-electron chi connectivity index (χ0n) is 8.86. The van der Waals surface area contributed by atoms with Crippen LogP contribution in [0.4, 0.5) is 0 Å². The van der Waals surface area contributed by atoms with Gasteiger partial charge < -0.3 is 9.84 Å². The van der Waals surface area contributed by atoms with Gasteiger partial charge in [0, 0.05) is 5.56 Å². The first kappa shape index (κ1) is 10.0. The van der Waals surface area contributed by atoms with Gasteiger partial charge in [-0.05, 0) is 12.3 Å². The number of rotatable bonds is 3.